The molecule has 0 saturated heterocycles. The summed E-state index contributed by atoms with van der Waals surface area (Å²) in [7, 11) is 3.95. The van der Waals surface area contributed by atoms with Crippen molar-refractivity contribution in [1.29, 1.82) is 0 Å². The van der Waals surface area contributed by atoms with Gasteiger partial charge in [-0.3, -0.25) is 4.79 Å². The Kier molecular flexibility index (Phi) is 6.47. The van der Waals surface area contributed by atoms with E-state index in [4.69, 9.17) is 4.42 Å². The fourth-order valence-electron chi connectivity index (χ4n) is 3.40. The molecule has 1 amide bonds. The van der Waals surface area contributed by atoms with Gasteiger partial charge in [0.1, 0.15) is 17.2 Å². The van der Waals surface area contributed by atoms with Crippen molar-refractivity contribution in [3.63, 3.8) is 0 Å². The Morgan fingerprint density at radius 1 is 1.00 bits per heavy atom. The number of hydrogen-bond donors (Lipinski definition) is 0. The summed E-state index contributed by atoms with van der Waals surface area (Å²) in [6.07, 6.45) is 1.56. The summed E-state index contributed by atoms with van der Waals surface area (Å²) in [6.45, 7) is 1.73. The van der Waals surface area contributed by atoms with Crippen LogP contribution in [-0.4, -0.2) is 52.7 Å². The molecule has 7 heteroatoms. The number of rotatable bonds is 8. The molecule has 0 atom stereocenters. The zero-order valence-electron chi connectivity index (χ0n) is 18.1. The number of halogens is 1. The lowest BCUT2D eigenvalue weighted by molar-refractivity contribution is 0.0722. The van der Waals surface area contributed by atoms with E-state index in [9.17, 15) is 9.18 Å². The molecule has 2 aromatic carbocycles. The average molecular weight is 432 g/mol. The van der Waals surface area contributed by atoms with E-state index in [0.717, 1.165) is 5.56 Å². The van der Waals surface area contributed by atoms with E-state index in [1.807, 2.05) is 49.3 Å². The molecule has 0 bridgehead atoms. The number of likely N-dealkylation sites (N-methyl/N-ethyl adjacent to an activating group) is 1. The molecule has 32 heavy (non-hydrogen) atoms. The number of furan rings is 1. The number of nitrogens with zero attached hydrogens (tertiary/aromatic N) is 4. The number of benzene rings is 2. The number of hydrogen-bond acceptors (Lipinski definition) is 4. The van der Waals surface area contributed by atoms with Crippen LogP contribution in [0.3, 0.4) is 0 Å². The quantitative estimate of drug-likeness (QED) is 0.412. The smallest absolute Gasteiger partial charge is 0.272 e. The Balaban J connectivity index is 1.73. The van der Waals surface area contributed by atoms with Crippen molar-refractivity contribution in [2.45, 2.75) is 6.54 Å². The summed E-state index contributed by atoms with van der Waals surface area (Å²) in [5, 5.41) is 4.60. The van der Waals surface area contributed by atoms with Gasteiger partial charge in [-0.2, -0.15) is 5.10 Å². The topological polar surface area (TPSA) is 54.5 Å². The second-order valence-electron chi connectivity index (χ2n) is 7.80. The Labute approximate surface area is 186 Å². The molecule has 2 heterocycles. The van der Waals surface area contributed by atoms with Crippen molar-refractivity contribution < 1.29 is 13.6 Å². The first-order valence-corrected chi connectivity index (χ1v) is 10.4. The molecule has 4 rings (SSSR count). The van der Waals surface area contributed by atoms with Crippen molar-refractivity contribution in [1.82, 2.24) is 19.6 Å². The molecule has 4 aromatic rings. The normalized spacial score (nSPS) is 11.1. The molecule has 0 saturated carbocycles. The summed E-state index contributed by atoms with van der Waals surface area (Å²) in [5.74, 6) is 0.0462. The first kappa shape index (κ1) is 21.5. The minimum absolute atomic E-state index is 0.162. The molecule has 0 fully saturated rings. The van der Waals surface area contributed by atoms with Crippen LogP contribution in [-0.2, 0) is 6.54 Å². The maximum Gasteiger partial charge on any atom is 0.272 e. The van der Waals surface area contributed by atoms with Gasteiger partial charge in [-0.15, -0.1) is 0 Å². The average Bonchev–Trinajstić information content (AvgIpc) is 3.47. The highest BCUT2D eigenvalue weighted by molar-refractivity contribution is 5.94. The fraction of sp³-hybridized carbons (Fsp3) is 0.200. The lowest BCUT2D eigenvalue weighted by Gasteiger charge is -2.25. The third-order valence-corrected chi connectivity index (χ3v) is 5.09. The molecule has 2 aromatic heterocycles. The van der Waals surface area contributed by atoms with Gasteiger partial charge < -0.3 is 14.2 Å². The van der Waals surface area contributed by atoms with Gasteiger partial charge in [-0.25, -0.2) is 9.07 Å². The number of aromatic nitrogens is 2. The molecule has 0 N–H and O–H groups in total. The van der Waals surface area contributed by atoms with Gasteiger partial charge in [0, 0.05) is 25.7 Å². The van der Waals surface area contributed by atoms with E-state index in [-0.39, 0.29) is 11.7 Å². The summed E-state index contributed by atoms with van der Waals surface area (Å²) in [4.78, 5) is 17.6. The van der Waals surface area contributed by atoms with Crippen molar-refractivity contribution >= 4 is 5.91 Å². The summed E-state index contributed by atoms with van der Waals surface area (Å²) in [5.41, 5.74) is 2.56. The molecule has 0 unspecified atom stereocenters. The van der Waals surface area contributed by atoms with Gasteiger partial charge >= 0.3 is 0 Å². The van der Waals surface area contributed by atoms with Gasteiger partial charge in [0.15, 0.2) is 5.76 Å². The lowest BCUT2D eigenvalue weighted by Crippen LogP contribution is -2.37. The lowest BCUT2D eigenvalue weighted by atomic mass is 10.2. The van der Waals surface area contributed by atoms with Gasteiger partial charge in [-0.1, -0.05) is 30.3 Å². The zero-order chi connectivity index (χ0) is 22.5. The molecule has 0 aliphatic carbocycles. The highest BCUT2D eigenvalue weighted by atomic mass is 19.1. The largest absolute Gasteiger partial charge is 0.463 e. The van der Waals surface area contributed by atoms with E-state index in [1.165, 1.54) is 12.1 Å². The molecule has 0 aliphatic rings. The van der Waals surface area contributed by atoms with E-state index in [2.05, 4.69) is 5.10 Å². The Morgan fingerprint density at radius 3 is 2.41 bits per heavy atom. The third kappa shape index (κ3) is 4.95. The highest BCUT2D eigenvalue weighted by Gasteiger charge is 2.24. The van der Waals surface area contributed by atoms with E-state index < -0.39 is 0 Å². The predicted octanol–water partition coefficient (Wildman–Crippen LogP) is 4.48. The minimum Gasteiger partial charge on any atom is -0.463 e. The minimum atomic E-state index is -0.350. The van der Waals surface area contributed by atoms with E-state index in [0.29, 0.717) is 42.5 Å². The second kappa shape index (κ2) is 9.62. The Morgan fingerprint density at radius 2 is 1.75 bits per heavy atom. The molecule has 164 valence electrons. The molecule has 0 spiro atoms. The Bertz CT molecular complexity index is 1150. The SMILES string of the molecule is CN(C)CCN(Cc1ccccc1)C(=O)c1cc(-c2ccco2)nn1-c1ccc(F)cc1. The first-order chi connectivity index (χ1) is 15.5. The van der Waals surface area contributed by atoms with Crippen molar-refractivity contribution in [2.24, 2.45) is 0 Å². The van der Waals surface area contributed by atoms with Crippen LogP contribution in [0, 0.1) is 5.82 Å². The molecule has 0 radical (unpaired) electrons. The maximum atomic E-state index is 13.7. The van der Waals surface area contributed by atoms with Crippen LogP contribution in [0.4, 0.5) is 4.39 Å². The van der Waals surface area contributed by atoms with Gasteiger partial charge in [0.25, 0.3) is 5.91 Å². The van der Waals surface area contributed by atoms with Crippen LogP contribution in [0.25, 0.3) is 17.1 Å². The van der Waals surface area contributed by atoms with Crippen LogP contribution in [0.1, 0.15) is 16.1 Å². The number of amides is 1. The van der Waals surface area contributed by atoms with E-state index in [1.54, 1.807) is 46.2 Å². The summed E-state index contributed by atoms with van der Waals surface area (Å²) < 4.78 is 20.6. The predicted molar refractivity (Wildman–Crippen MR) is 121 cm³/mol. The maximum absolute atomic E-state index is 13.7. The summed E-state index contributed by atoms with van der Waals surface area (Å²) >= 11 is 0. The van der Waals surface area contributed by atoms with Crippen LogP contribution in [0.5, 0.6) is 0 Å². The molecular formula is C25H25FN4O2. The number of carbonyl (C=O) groups excluding carboxylic acids is 1. The van der Waals surface area contributed by atoms with Gasteiger partial charge in [-0.05, 0) is 56.1 Å². The summed E-state index contributed by atoms with van der Waals surface area (Å²) in [6, 6.07) is 21.1. The van der Waals surface area contributed by atoms with Gasteiger partial charge in [0.2, 0.25) is 0 Å². The van der Waals surface area contributed by atoms with Crippen LogP contribution in [0.2, 0.25) is 0 Å². The van der Waals surface area contributed by atoms with Crippen LogP contribution in [0.15, 0.2) is 83.5 Å². The molecule has 0 aliphatic heterocycles. The molecule has 6 nitrogen and oxygen atoms in total. The van der Waals surface area contributed by atoms with Crippen molar-refractivity contribution in [3.05, 3.63) is 96.1 Å². The first-order valence-electron chi connectivity index (χ1n) is 10.4. The molecular weight excluding hydrogens is 407 g/mol. The monoisotopic (exact) mass is 432 g/mol. The van der Waals surface area contributed by atoms with Crippen molar-refractivity contribution in [3.8, 4) is 17.1 Å². The van der Waals surface area contributed by atoms with E-state index >= 15 is 0 Å². The third-order valence-electron chi connectivity index (χ3n) is 5.09. The highest BCUT2D eigenvalue weighted by Crippen LogP contribution is 2.24. The second-order valence-corrected chi connectivity index (χ2v) is 7.80. The zero-order valence-corrected chi connectivity index (χ0v) is 18.1. The fourth-order valence-corrected chi connectivity index (χ4v) is 3.40. The van der Waals surface area contributed by atoms with Crippen LogP contribution < -0.4 is 0 Å². The van der Waals surface area contributed by atoms with Crippen LogP contribution >= 0.6 is 0 Å². The standard InChI is InChI=1S/C25H25FN4O2/c1-28(2)14-15-29(18-19-7-4-3-5-8-19)25(31)23-17-22(24-9-6-16-32-24)27-30(23)21-12-10-20(26)11-13-21/h3-13,16-17H,14-15,18H2,1-2H3. The van der Waals surface area contributed by atoms with Gasteiger partial charge in [0.05, 0.1) is 12.0 Å². The number of carbonyl (C=O) groups is 1. The Hall–Kier alpha value is -3.71. The van der Waals surface area contributed by atoms with Crippen molar-refractivity contribution in [2.75, 3.05) is 27.2 Å².